The van der Waals surface area contributed by atoms with Gasteiger partial charge >= 0.3 is 5.97 Å². The first-order valence-corrected chi connectivity index (χ1v) is 10.0. The van der Waals surface area contributed by atoms with Gasteiger partial charge in [-0.15, -0.1) is 0 Å². The third-order valence-corrected chi connectivity index (χ3v) is 5.08. The normalized spacial score (nSPS) is 14.6. The molecule has 2 aromatic rings. The lowest BCUT2D eigenvalue weighted by atomic mass is 9.95. The molecule has 6 nitrogen and oxygen atoms in total. The number of hydrogen-bond donors (Lipinski definition) is 2. The maximum absolute atomic E-state index is 12.4. The van der Waals surface area contributed by atoms with Gasteiger partial charge in [0.1, 0.15) is 24.0 Å². The molecule has 0 aliphatic heterocycles. The van der Waals surface area contributed by atoms with Crippen molar-refractivity contribution in [3.63, 3.8) is 0 Å². The molecule has 0 atom stereocenters. The Morgan fingerprint density at radius 3 is 2.53 bits per heavy atom. The van der Waals surface area contributed by atoms with E-state index in [1.54, 1.807) is 48.5 Å². The molecular weight excluding hydrogens is 380 g/mol. The van der Waals surface area contributed by atoms with Gasteiger partial charge < -0.3 is 15.2 Å². The highest BCUT2D eigenvalue weighted by Gasteiger charge is 2.18. The largest absolute Gasteiger partial charge is 0.489 e. The Kier molecular flexibility index (Phi) is 7.23. The Hall–Kier alpha value is -3.59. The number of aromatic carboxylic acids is 1. The molecule has 3 rings (SSSR count). The van der Waals surface area contributed by atoms with Crippen molar-refractivity contribution in [1.82, 2.24) is 5.32 Å². The number of hydrogen-bond acceptors (Lipinski definition) is 4. The van der Waals surface area contributed by atoms with E-state index < -0.39 is 5.97 Å². The van der Waals surface area contributed by atoms with Gasteiger partial charge in [0.15, 0.2) is 0 Å². The lowest BCUT2D eigenvalue weighted by molar-refractivity contribution is -0.117. The highest BCUT2D eigenvalue weighted by molar-refractivity contribution is 6.01. The minimum absolute atomic E-state index is 0.0831. The first-order valence-electron chi connectivity index (χ1n) is 10.0. The summed E-state index contributed by atoms with van der Waals surface area (Å²) in [5, 5.41) is 21.4. The van der Waals surface area contributed by atoms with Crippen molar-refractivity contribution in [2.24, 2.45) is 0 Å². The number of ether oxygens (including phenoxy) is 1. The molecule has 1 fully saturated rings. The Morgan fingerprint density at radius 1 is 1.13 bits per heavy atom. The molecule has 6 heteroatoms. The monoisotopic (exact) mass is 404 g/mol. The Balaban J connectivity index is 1.59. The molecule has 1 saturated carbocycles. The Bertz CT molecular complexity index is 967. The summed E-state index contributed by atoms with van der Waals surface area (Å²) in [6.45, 7) is 0.240. The third-order valence-electron chi connectivity index (χ3n) is 5.08. The number of benzene rings is 2. The fraction of sp³-hybridized carbons (Fsp3) is 0.292. The minimum Gasteiger partial charge on any atom is -0.489 e. The van der Waals surface area contributed by atoms with Crippen molar-refractivity contribution in [3.05, 3.63) is 70.8 Å². The number of carboxylic acid groups (broad SMARTS) is 1. The molecule has 154 valence electrons. The van der Waals surface area contributed by atoms with Crippen molar-refractivity contribution in [2.45, 2.75) is 44.8 Å². The van der Waals surface area contributed by atoms with E-state index in [0.717, 1.165) is 36.8 Å². The van der Waals surface area contributed by atoms with Crippen LogP contribution >= 0.6 is 0 Å². The van der Waals surface area contributed by atoms with E-state index in [2.05, 4.69) is 5.32 Å². The van der Waals surface area contributed by atoms with Gasteiger partial charge in [-0.2, -0.15) is 5.26 Å². The number of carboxylic acids is 1. The molecule has 1 aliphatic carbocycles. The SMILES string of the molecule is N#C/C(=C/c1ccc(OCc2cccc(C(=O)O)c2)cc1)C(=O)NC1CCCCC1. The summed E-state index contributed by atoms with van der Waals surface area (Å²) in [4.78, 5) is 23.4. The molecule has 0 heterocycles. The molecule has 2 N–H and O–H groups in total. The first-order chi connectivity index (χ1) is 14.5. The molecule has 0 saturated heterocycles. The van der Waals surface area contributed by atoms with E-state index in [1.807, 2.05) is 6.07 Å². The van der Waals surface area contributed by atoms with Crippen LogP contribution in [0.15, 0.2) is 54.1 Å². The molecule has 30 heavy (non-hydrogen) atoms. The predicted molar refractivity (Wildman–Crippen MR) is 113 cm³/mol. The van der Waals surface area contributed by atoms with Gasteiger partial charge in [-0.3, -0.25) is 4.79 Å². The van der Waals surface area contributed by atoms with Gasteiger partial charge in [-0.05, 0) is 54.3 Å². The van der Waals surface area contributed by atoms with Gasteiger partial charge in [-0.25, -0.2) is 4.79 Å². The van der Waals surface area contributed by atoms with Gasteiger partial charge in [0, 0.05) is 6.04 Å². The number of rotatable bonds is 7. The van der Waals surface area contributed by atoms with Gasteiger partial charge in [0.25, 0.3) is 5.91 Å². The van der Waals surface area contributed by atoms with Gasteiger partial charge in [0.05, 0.1) is 5.56 Å². The summed E-state index contributed by atoms with van der Waals surface area (Å²) >= 11 is 0. The van der Waals surface area contributed by atoms with Gasteiger partial charge in [-0.1, -0.05) is 43.5 Å². The van der Waals surface area contributed by atoms with Crippen LogP contribution in [0.3, 0.4) is 0 Å². The minimum atomic E-state index is -0.978. The van der Waals surface area contributed by atoms with E-state index in [9.17, 15) is 14.9 Å². The first kappa shape index (κ1) is 21.1. The van der Waals surface area contributed by atoms with Crippen molar-refractivity contribution in [1.29, 1.82) is 5.26 Å². The lowest BCUT2D eigenvalue weighted by Gasteiger charge is -2.22. The van der Waals surface area contributed by atoms with Crippen molar-refractivity contribution >= 4 is 18.0 Å². The molecule has 0 aromatic heterocycles. The van der Waals surface area contributed by atoms with E-state index >= 15 is 0 Å². The van der Waals surface area contributed by atoms with Crippen LogP contribution in [0.25, 0.3) is 6.08 Å². The standard InChI is InChI=1S/C24H24N2O4/c25-15-20(23(27)26-21-7-2-1-3-8-21)13-17-9-11-22(12-10-17)30-16-18-5-4-6-19(14-18)24(28)29/h4-6,9-14,21H,1-3,7-8,16H2,(H,26,27)(H,28,29)/b20-13-. The van der Waals surface area contributed by atoms with Crippen molar-refractivity contribution in [3.8, 4) is 11.8 Å². The topological polar surface area (TPSA) is 99.4 Å². The zero-order valence-electron chi connectivity index (χ0n) is 16.6. The van der Waals surface area contributed by atoms with Crippen LogP contribution in [0.2, 0.25) is 0 Å². The molecule has 1 amide bonds. The maximum atomic E-state index is 12.4. The zero-order valence-corrected chi connectivity index (χ0v) is 16.6. The second-order valence-electron chi connectivity index (χ2n) is 7.34. The lowest BCUT2D eigenvalue weighted by Crippen LogP contribution is -2.36. The second kappa shape index (κ2) is 10.3. The highest BCUT2D eigenvalue weighted by Crippen LogP contribution is 2.19. The van der Waals surface area contributed by atoms with Crippen molar-refractivity contribution < 1.29 is 19.4 Å². The van der Waals surface area contributed by atoms with Crippen LogP contribution in [-0.4, -0.2) is 23.0 Å². The van der Waals surface area contributed by atoms with Crippen LogP contribution in [0.4, 0.5) is 0 Å². The number of carbonyl (C=O) groups excluding carboxylic acids is 1. The molecule has 2 aromatic carbocycles. The number of nitriles is 1. The van der Waals surface area contributed by atoms with Crippen LogP contribution in [0, 0.1) is 11.3 Å². The second-order valence-corrected chi connectivity index (χ2v) is 7.34. The predicted octanol–water partition coefficient (Wildman–Crippen LogP) is 4.32. The summed E-state index contributed by atoms with van der Waals surface area (Å²) in [7, 11) is 0. The van der Waals surface area contributed by atoms with E-state index in [-0.39, 0.29) is 29.7 Å². The number of carbonyl (C=O) groups is 2. The third kappa shape index (κ3) is 5.95. The average molecular weight is 404 g/mol. The summed E-state index contributed by atoms with van der Waals surface area (Å²) in [6.07, 6.45) is 6.92. The van der Waals surface area contributed by atoms with Crippen LogP contribution in [0.1, 0.15) is 53.6 Å². The molecule has 0 radical (unpaired) electrons. The summed E-state index contributed by atoms with van der Waals surface area (Å²) in [5.74, 6) is -0.699. The highest BCUT2D eigenvalue weighted by atomic mass is 16.5. The maximum Gasteiger partial charge on any atom is 0.335 e. The van der Waals surface area contributed by atoms with Crippen LogP contribution < -0.4 is 10.1 Å². The van der Waals surface area contributed by atoms with Crippen LogP contribution in [0.5, 0.6) is 5.75 Å². The van der Waals surface area contributed by atoms with E-state index in [1.165, 1.54) is 12.5 Å². The smallest absolute Gasteiger partial charge is 0.335 e. The number of nitrogens with zero attached hydrogens (tertiary/aromatic N) is 1. The summed E-state index contributed by atoms with van der Waals surface area (Å²) in [6, 6.07) is 15.8. The molecular formula is C24H24N2O4. The van der Waals surface area contributed by atoms with E-state index in [4.69, 9.17) is 9.84 Å². The van der Waals surface area contributed by atoms with Crippen LogP contribution in [-0.2, 0) is 11.4 Å². The number of nitrogens with one attached hydrogen (secondary N) is 1. The quantitative estimate of drug-likeness (QED) is 0.529. The Morgan fingerprint density at radius 2 is 1.87 bits per heavy atom. The zero-order chi connectivity index (χ0) is 21.3. The summed E-state index contributed by atoms with van der Waals surface area (Å²) in [5.41, 5.74) is 1.78. The fourth-order valence-electron chi connectivity index (χ4n) is 3.45. The fourth-order valence-corrected chi connectivity index (χ4v) is 3.45. The molecule has 0 unspecified atom stereocenters. The molecule has 0 spiro atoms. The number of amides is 1. The van der Waals surface area contributed by atoms with Gasteiger partial charge in [0.2, 0.25) is 0 Å². The summed E-state index contributed by atoms with van der Waals surface area (Å²) < 4.78 is 5.70. The molecule has 1 aliphatic rings. The van der Waals surface area contributed by atoms with Crippen molar-refractivity contribution in [2.75, 3.05) is 0 Å². The average Bonchev–Trinajstić information content (AvgIpc) is 2.77. The van der Waals surface area contributed by atoms with E-state index in [0.29, 0.717) is 5.75 Å². The molecule has 0 bridgehead atoms. The Labute approximate surface area is 175 Å².